The molecule has 0 unspecified atom stereocenters. The van der Waals surface area contributed by atoms with Gasteiger partial charge in [0.15, 0.2) is 0 Å². The summed E-state index contributed by atoms with van der Waals surface area (Å²) in [5.41, 5.74) is 0. The third kappa shape index (κ3) is 9.09. The molecule has 0 saturated carbocycles. The van der Waals surface area contributed by atoms with E-state index in [0.29, 0.717) is 0 Å². The first-order valence-electron chi connectivity index (χ1n) is 0.447. The Bertz CT molecular complexity index is 29.5. The molecule has 0 bridgehead atoms. The summed E-state index contributed by atoms with van der Waals surface area (Å²) in [5.74, 6) is 0. The zero-order chi connectivity index (χ0) is 2.71. The van der Waals surface area contributed by atoms with E-state index in [2.05, 4.69) is 12.6 Å². The molecule has 0 spiro atoms. The molecule has 0 atom stereocenters. The summed E-state index contributed by atoms with van der Waals surface area (Å²) in [6, 6.07) is 0. The van der Waals surface area contributed by atoms with Gasteiger partial charge in [0.2, 0.25) is 0 Å². The summed E-state index contributed by atoms with van der Waals surface area (Å²) in [4.78, 5) is 0. The van der Waals surface area contributed by atoms with Crippen molar-refractivity contribution in [1.82, 2.24) is 0 Å². The van der Waals surface area contributed by atoms with Crippen LogP contribution in [0.3, 0.4) is 0 Å². The predicted molar refractivity (Wildman–Crippen MR) is 21.7 cm³/mol. The number of rotatable bonds is 0. The maximum atomic E-state index is 7.18. The first kappa shape index (κ1) is 9.31. The van der Waals surface area contributed by atoms with Gasteiger partial charge < -0.3 is 0 Å². The van der Waals surface area contributed by atoms with Crippen LogP contribution >= 0.6 is 12.6 Å². The minimum absolute atomic E-state index is 0. The van der Waals surface area contributed by atoms with Crippen LogP contribution in [0.15, 0.2) is 0 Å². The van der Waals surface area contributed by atoms with Gasteiger partial charge in [0.25, 0.3) is 0 Å². The quantitative estimate of drug-likeness (QED) is 0.416. The fraction of sp³-hybridized carbons (Fsp3) is 0. The SMILES string of the molecule is N#CS.[CsH]. The molecule has 0 aliphatic heterocycles. The predicted octanol–water partition coefficient (Wildman–Crippen LogP) is -0.251. The molecule has 0 aromatic rings. The van der Waals surface area contributed by atoms with E-state index in [1.807, 2.05) is 0 Å². The molecule has 0 N–H and O–H groups in total. The van der Waals surface area contributed by atoms with E-state index in [0.717, 1.165) is 0 Å². The molecule has 0 aliphatic carbocycles. The summed E-state index contributed by atoms with van der Waals surface area (Å²) < 4.78 is 0. The van der Waals surface area contributed by atoms with E-state index < -0.39 is 0 Å². The fourth-order valence-electron chi connectivity index (χ4n) is 0. The van der Waals surface area contributed by atoms with Crippen LogP contribution in [0.25, 0.3) is 0 Å². The molecule has 0 aromatic carbocycles. The Morgan fingerprint density at radius 2 is 1.75 bits per heavy atom. The summed E-state index contributed by atoms with van der Waals surface area (Å²) in [5, 5.41) is 8.63. The Labute approximate surface area is 89.6 Å². The van der Waals surface area contributed by atoms with Gasteiger partial charge in [-0.3, -0.25) is 0 Å². The molecule has 0 saturated heterocycles. The molecule has 0 heterocycles. The molecule has 0 aliphatic rings. The standard InChI is InChI=1S/CHNS.Cs.H/c2-1-3;;/h3H;;. The van der Waals surface area contributed by atoms with Gasteiger partial charge in [0.1, 0.15) is 5.40 Å². The number of thiol groups is 1. The van der Waals surface area contributed by atoms with Crippen LogP contribution in [-0.4, -0.2) is 68.9 Å². The summed E-state index contributed by atoms with van der Waals surface area (Å²) >= 11 is 3.09. The maximum absolute atomic E-state index is 7.18. The van der Waals surface area contributed by atoms with Gasteiger partial charge in [-0.2, -0.15) is 5.26 Å². The Morgan fingerprint density at radius 1 is 1.75 bits per heavy atom. The average Bonchev–Trinajstić information content (AvgIpc) is 0.918. The van der Waals surface area contributed by atoms with Crippen molar-refractivity contribution >= 4 is 81.5 Å². The van der Waals surface area contributed by atoms with Gasteiger partial charge in [-0.15, -0.1) is 0 Å². The van der Waals surface area contributed by atoms with Crippen molar-refractivity contribution in [2.45, 2.75) is 0 Å². The van der Waals surface area contributed by atoms with Crippen molar-refractivity contribution in [2.75, 3.05) is 0 Å². The normalized spacial score (nSPS) is 2.00. The minimum atomic E-state index is 0. The Balaban J connectivity index is 0. The summed E-state index contributed by atoms with van der Waals surface area (Å²) in [7, 11) is 0. The van der Waals surface area contributed by atoms with Crippen LogP contribution in [-0.2, 0) is 0 Å². The van der Waals surface area contributed by atoms with Crippen molar-refractivity contribution in [3.8, 4) is 5.40 Å². The zero-order valence-corrected chi connectivity index (χ0v) is 2.29. The van der Waals surface area contributed by atoms with Crippen molar-refractivity contribution in [2.24, 2.45) is 0 Å². The molecular formula is CH2CsNS. The van der Waals surface area contributed by atoms with Gasteiger partial charge in [0, 0.05) is 0 Å². The van der Waals surface area contributed by atoms with Crippen LogP contribution in [0.4, 0.5) is 0 Å². The van der Waals surface area contributed by atoms with Gasteiger partial charge >= 0.3 is 68.9 Å². The number of hydrogen-bond acceptors (Lipinski definition) is 2. The molecule has 0 radical (unpaired) electrons. The molecule has 4 heavy (non-hydrogen) atoms. The average molecular weight is 193 g/mol. The molecule has 1 nitrogen and oxygen atoms in total. The van der Waals surface area contributed by atoms with E-state index in [9.17, 15) is 0 Å². The molecule has 0 amide bonds. The third-order valence-corrected chi connectivity index (χ3v) is 0. The van der Waals surface area contributed by atoms with Crippen LogP contribution in [0, 0.1) is 10.7 Å². The number of thiocyanates is 1. The Hall–Kier alpha value is 1.89. The monoisotopic (exact) mass is 193 g/mol. The first-order chi connectivity index (χ1) is 1.41. The van der Waals surface area contributed by atoms with Crippen molar-refractivity contribution in [1.29, 1.82) is 5.26 Å². The van der Waals surface area contributed by atoms with Crippen LogP contribution in [0.2, 0.25) is 0 Å². The van der Waals surface area contributed by atoms with Gasteiger partial charge in [-0.1, -0.05) is 12.6 Å². The van der Waals surface area contributed by atoms with Gasteiger partial charge in [-0.05, 0) is 0 Å². The molecular weight excluding hydrogens is 191 g/mol. The second-order valence-corrected chi connectivity index (χ2v) is 0.300. The van der Waals surface area contributed by atoms with Gasteiger partial charge in [0.05, 0.1) is 0 Å². The van der Waals surface area contributed by atoms with E-state index in [1.165, 1.54) is 5.40 Å². The second kappa shape index (κ2) is 8.86. The molecule has 18 valence electrons. The summed E-state index contributed by atoms with van der Waals surface area (Å²) in [6.07, 6.45) is 0. The zero-order valence-electron chi connectivity index (χ0n) is 1.39. The van der Waals surface area contributed by atoms with Gasteiger partial charge in [-0.25, -0.2) is 0 Å². The van der Waals surface area contributed by atoms with E-state index in [-0.39, 0.29) is 68.9 Å². The van der Waals surface area contributed by atoms with Crippen LogP contribution < -0.4 is 0 Å². The second-order valence-electron chi connectivity index (χ2n) is 0.100. The molecule has 3 heteroatoms. The number of nitriles is 1. The van der Waals surface area contributed by atoms with Crippen molar-refractivity contribution < 1.29 is 0 Å². The van der Waals surface area contributed by atoms with Crippen molar-refractivity contribution in [3.05, 3.63) is 0 Å². The molecule has 0 aromatic heterocycles. The van der Waals surface area contributed by atoms with E-state index in [1.54, 1.807) is 0 Å². The fourth-order valence-corrected chi connectivity index (χ4v) is 0. The van der Waals surface area contributed by atoms with Crippen molar-refractivity contribution in [3.63, 3.8) is 0 Å². The molecule has 0 rings (SSSR count). The molecule has 0 fully saturated rings. The number of hydrogen-bond donors (Lipinski definition) is 1. The van der Waals surface area contributed by atoms with Crippen LogP contribution in [0.1, 0.15) is 0 Å². The summed E-state index contributed by atoms with van der Waals surface area (Å²) in [6.45, 7) is 0. The topological polar surface area (TPSA) is 23.8 Å². The van der Waals surface area contributed by atoms with Crippen LogP contribution in [0.5, 0.6) is 0 Å². The third-order valence-electron chi connectivity index (χ3n) is 0. The Morgan fingerprint density at radius 3 is 1.75 bits per heavy atom. The van der Waals surface area contributed by atoms with E-state index >= 15 is 0 Å². The first-order valence-corrected chi connectivity index (χ1v) is 0.894. The van der Waals surface area contributed by atoms with E-state index in [4.69, 9.17) is 5.26 Å². The number of nitrogens with zero attached hydrogens (tertiary/aromatic N) is 1. The Kier molecular flexibility index (Phi) is 20.6.